The lowest BCUT2D eigenvalue weighted by atomic mass is 9.98. The van der Waals surface area contributed by atoms with Crippen molar-refractivity contribution in [3.05, 3.63) is 42.0 Å². The molecule has 3 aliphatic rings. The molecule has 0 saturated carbocycles. The molecule has 226 valence electrons. The van der Waals surface area contributed by atoms with E-state index in [-0.39, 0.29) is 60.9 Å². The van der Waals surface area contributed by atoms with Gasteiger partial charge in [-0.2, -0.15) is 0 Å². The number of ether oxygens (including phenoxy) is 4. The summed E-state index contributed by atoms with van der Waals surface area (Å²) in [6.07, 6.45) is 0.690. The van der Waals surface area contributed by atoms with Crippen molar-refractivity contribution in [1.29, 1.82) is 0 Å². The van der Waals surface area contributed by atoms with Gasteiger partial charge < -0.3 is 44.5 Å². The Morgan fingerprint density at radius 1 is 1.12 bits per heavy atom. The second-order valence-corrected chi connectivity index (χ2v) is 11.1. The van der Waals surface area contributed by atoms with E-state index in [2.05, 4.69) is 10.6 Å². The van der Waals surface area contributed by atoms with Crippen molar-refractivity contribution in [1.82, 2.24) is 9.80 Å². The van der Waals surface area contributed by atoms with Crippen LogP contribution in [0.15, 0.2) is 36.4 Å². The highest BCUT2D eigenvalue weighted by Gasteiger charge is 2.35. The van der Waals surface area contributed by atoms with Crippen molar-refractivity contribution in [3.8, 4) is 17.2 Å². The topological polar surface area (TPSA) is 139 Å². The normalized spacial score (nSPS) is 21.0. The van der Waals surface area contributed by atoms with E-state index in [0.29, 0.717) is 55.5 Å². The number of carbonyl (C=O) groups is 3. The molecule has 0 bridgehead atoms. The molecular weight excluding hydrogens is 544 g/mol. The Kier molecular flexibility index (Phi) is 9.03. The van der Waals surface area contributed by atoms with Gasteiger partial charge in [0.1, 0.15) is 6.10 Å². The lowest BCUT2D eigenvalue weighted by Gasteiger charge is -2.38. The molecule has 3 N–H and O–H groups in total. The first-order chi connectivity index (χ1) is 20.2. The number of fused-ring (bicyclic) bond motifs is 2. The third-order valence-electron chi connectivity index (χ3n) is 7.97. The van der Waals surface area contributed by atoms with Crippen molar-refractivity contribution in [2.45, 2.75) is 38.8 Å². The number of nitrogens with zero attached hydrogens (tertiary/aromatic N) is 2. The molecule has 12 heteroatoms. The quantitative estimate of drug-likeness (QED) is 0.453. The smallest absolute Gasteiger partial charge is 0.321 e. The SMILES string of the molecule is C[C@H]1CN([C@@H](C)CO)C(=O)c2cccc(NC(=O)C3CCOCC3)c2O[C@@H]1CN(C)C(=O)Nc1ccc2c(c1)OCO2. The first-order valence-corrected chi connectivity index (χ1v) is 14.3. The van der Waals surface area contributed by atoms with Gasteiger partial charge in [-0.25, -0.2) is 4.79 Å². The number of rotatable bonds is 7. The summed E-state index contributed by atoms with van der Waals surface area (Å²) in [5, 5.41) is 15.8. The fraction of sp³-hybridized carbons (Fsp3) is 0.500. The zero-order chi connectivity index (χ0) is 29.8. The van der Waals surface area contributed by atoms with Gasteiger partial charge in [-0.1, -0.05) is 13.0 Å². The van der Waals surface area contributed by atoms with Crippen LogP contribution in [0.5, 0.6) is 17.2 Å². The number of likely N-dealkylation sites (N-methyl/N-ethyl adjacent to an activating group) is 1. The average Bonchev–Trinajstić information content (AvgIpc) is 3.47. The Bertz CT molecular complexity index is 1310. The van der Waals surface area contributed by atoms with Gasteiger partial charge in [0.25, 0.3) is 5.91 Å². The summed E-state index contributed by atoms with van der Waals surface area (Å²) in [6, 6.07) is 9.43. The largest absolute Gasteiger partial charge is 0.485 e. The summed E-state index contributed by atoms with van der Waals surface area (Å²) < 4.78 is 22.7. The zero-order valence-electron chi connectivity index (χ0n) is 24.1. The molecule has 12 nitrogen and oxygen atoms in total. The average molecular weight is 583 g/mol. The Labute approximate surface area is 244 Å². The Hall–Kier alpha value is -4.03. The van der Waals surface area contributed by atoms with E-state index in [9.17, 15) is 19.5 Å². The van der Waals surface area contributed by atoms with Crippen molar-refractivity contribution >= 4 is 29.2 Å². The number of aliphatic hydroxyl groups is 1. The Balaban J connectivity index is 1.39. The van der Waals surface area contributed by atoms with Gasteiger partial charge in [-0.05, 0) is 44.0 Å². The minimum absolute atomic E-state index is 0.136. The van der Waals surface area contributed by atoms with Crippen LogP contribution in [0.1, 0.15) is 37.0 Å². The van der Waals surface area contributed by atoms with Crippen LogP contribution in [0.3, 0.4) is 0 Å². The maximum atomic E-state index is 13.7. The maximum Gasteiger partial charge on any atom is 0.321 e. The van der Waals surface area contributed by atoms with Crippen LogP contribution in [-0.4, -0.2) is 91.6 Å². The summed E-state index contributed by atoms with van der Waals surface area (Å²) in [6.45, 7) is 5.18. The standard InChI is InChI=1S/C30H38N4O8/c1-18-14-34(19(2)16-35)29(37)22-5-4-6-23(32-28(36)20-9-11-39-12-10-20)27(22)42-26(18)15-33(3)30(38)31-21-7-8-24-25(13-21)41-17-40-24/h4-8,13,18-20,26,35H,9-12,14-17H2,1-3H3,(H,31,38)(H,32,36)/t18-,19-,26+/m0/s1. The van der Waals surface area contributed by atoms with E-state index in [1.807, 2.05) is 6.92 Å². The Morgan fingerprint density at radius 2 is 1.88 bits per heavy atom. The second-order valence-electron chi connectivity index (χ2n) is 11.1. The summed E-state index contributed by atoms with van der Waals surface area (Å²) >= 11 is 0. The van der Waals surface area contributed by atoms with Crippen LogP contribution in [0.2, 0.25) is 0 Å². The van der Waals surface area contributed by atoms with Crippen molar-refractivity contribution in [3.63, 3.8) is 0 Å². The van der Waals surface area contributed by atoms with E-state index in [4.69, 9.17) is 18.9 Å². The van der Waals surface area contributed by atoms with E-state index >= 15 is 0 Å². The minimum atomic E-state index is -0.543. The molecule has 0 aromatic heterocycles. The summed E-state index contributed by atoms with van der Waals surface area (Å²) in [7, 11) is 1.66. The molecule has 3 aliphatic heterocycles. The molecule has 4 amide bonds. The van der Waals surface area contributed by atoms with E-state index < -0.39 is 12.1 Å². The molecular formula is C30H38N4O8. The van der Waals surface area contributed by atoms with E-state index in [0.717, 1.165) is 0 Å². The number of para-hydroxylation sites is 1. The number of carbonyl (C=O) groups excluding carboxylic acids is 3. The van der Waals surface area contributed by atoms with Gasteiger partial charge in [0.15, 0.2) is 17.2 Å². The van der Waals surface area contributed by atoms with Gasteiger partial charge in [0, 0.05) is 50.4 Å². The van der Waals surface area contributed by atoms with Crippen molar-refractivity contribution in [2.24, 2.45) is 11.8 Å². The fourth-order valence-electron chi connectivity index (χ4n) is 5.30. The number of amides is 4. The number of nitrogens with one attached hydrogen (secondary N) is 2. The molecule has 0 radical (unpaired) electrons. The van der Waals surface area contributed by atoms with E-state index in [1.54, 1.807) is 55.3 Å². The lowest BCUT2D eigenvalue weighted by molar-refractivity contribution is -0.122. The van der Waals surface area contributed by atoms with Crippen molar-refractivity contribution < 1.29 is 38.4 Å². The first kappa shape index (κ1) is 29.5. The first-order valence-electron chi connectivity index (χ1n) is 14.3. The number of benzene rings is 2. The predicted molar refractivity (Wildman–Crippen MR) is 154 cm³/mol. The number of hydrogen-bond acceptors (Lipinski definition) is 8. The van der Waals surface area contributed by atoms with Gasteiger partial charge in [-0.3, -0.25) is 9.59 Å². The van der Waals surface area contributed by atoms with Gasteiger partial charge in [0.05, 0.1) is 30.4 Å². The Morgan fingerprint density at radius 3 is 2.64 bits per heavy atom. The van der Waals surface area contributed by atoms with Gasteiger partial charge in [-0.15, -0.1) is 0 Å². The molecule has 2 aromatic carbocycles. The zero-order valence-corrected chi connectivity index (χ0v) is 24.1. The highest BCUT2D eigenvalue weighted by atomic mass is 16.7. The van der Waals surface area contributed by atoms with Gasteiger partial charge in [0.2, 0.25) is 12.7 Å². The number of urea groups is 1. The van der Waals surface area contributed by atoms with Crippen LogP contribution in [0.25, 0.3) is 0 Å². The van der Waals surface area contributed by atoms with Crippen LogP contribution in [-0.2, 0) is 9.53 Å². The number of hydrogen-bond donors (Lipinski definition) is 3. The van der Waals surface area contributed by atoms with Crippen LogP contribution in [0, 0.1) is 11.8 Å². The second kappa shape index (κ2) is 12.9. The maximum absolute atomic E-state index is 13.7. The highest BCUT2D eigenvalue weighted by Crippen LogP contribution is 2.36. The summed E-state index contributed by atoms with van der Waals surface area (Å²) in [5.41, 5.74) is 1.23. The molecule has 3 atom stereocenters. The van der Waals surface area contributed by atoms with Gasteiger partial charge >= 0.3 is 6.03 Å². The molecule has 3 heterocycles. The minimum Gasteiger partial charge on any atom is -0.485 e. The van der Waals surface area contributed by atoms with Crippen LogP contribution >= 0.6 is 0 Å². The van der Waals surface area contributed by atoms with E-state index in [1.165, 1.54) is 4.90 Å². The third kappa shape index (κ3) is 6.39. The van der Waals surface area contributed by atoms with Crippen molar-refractivity contribution in [2.75, 3.05) is 57.4 Å². The molecule has 0 aliphatic carbocycles. The predicted octanol–water partition coefficient (Wildman–Crippen LogP) is 3.16. The van der Waals surface area contributed by atoms with Crippen LogP contribution in [0.4, 0.5) is 16.2 Å². The molecule has 1 saturated heterocycles. The van der Waals surface area contributed by atoms with Crippen LogP contribution < -0.4 is 24.8 Å². The lowest BCUT2D eigenvalue weighted by Crippen LogP contribution is -2.50. The molecule has 42 heavy (non-hydrogen) atoms. The third-order valence-corrected chi connectivity index (χ3v) is 7.97. The monoisotopic (exact) mass is 582 g/mol. The fourth-order valence-corrected chi connectivity index (χ4v) is 5.30. The number of anilines is 2. The molecule has 1 fully saturated rings. The highest BCUT2D eigenvalue weighted by molar-refractivity contribution is 6.02. The summed E-state index contributed by atoms with van der Waals surface area (Å²) in [5.74, 6) is 0.541. The molecule has 0 unspecified atom stereocenters. The molecule has 2 aromatic rings. The molecule has 0 spiro atoms. The molecule has 5 rings (SSSR count). The number of aliphatic hydroxyl groups excluding tert-OH is 1. The summed E-state index contributed by atoms with van der Waals surface area (Å²) in [4.78, 5) is 43.1.